The van der Waals surface area contributed by atoms with Crippen molar-refractivity contribution in [2.75, 3.05) is 11.9 Å². The molecule has 0 amide bonds. The number of nitrogens with one attached hydrogen (secondary N) is 1. The third-order valence-corrected chi connectivity index (χ3v) is 3.52. The lowest BCUT2D eigenvalue weighted by Gasteiger charge is -2.25. The Bertz CT molecular complexity index is 508. The van der Waals surface area contributed by atoms with Crippen LogP contribution in [0.5, 0.6) is 0 Å². The van der Waals surface area contributed by atoms with E-state index in [1.165, 1.54) is 0 Å². The number of nitrogens with zero attached hydrogens (tertiary/aromatic N) is 2. The van der Waals surface area contributed by atoms with Crippen LogP contribution in [-0.2, 0) is 6.18 Å². The van der Waals surface area contributed by atoms with Gasteiger partial charge in [-0.25, -0.2) is 4.98 Å². The van der Waals surface area contributed by atoms with Gasteiger partial charge in [-0.2, -0.15) is 18.4 Å². The van der Waals surface area contributed by atoms with Gasteiger partial charge in [0.1, 0.15) is 17.6 Å². The zero-order chi connectivity index (χ0) is 16.2. The van der Waals surface area contributed by atoms with Crippen molar-refractivity contribution in [1.29, 1.82) is 5.26 Å². The van der Waals surface area contributed by atoms with Crippen LogP contribution >= 0.6 is 0 Å². The molecule has 1 aromatic heterocycles. The monoisotopic (exact) mass is 299 g/mol. The number of alkyl halides is 3. The van der Waals surface area contributed by atoms with Gasteiger partial charge < -0.3 is 5.32 Å². The summed E-state index contributed by atoms with van der Waals surface area (Å²) in [5.74, 6) is 1.05. The lowest BCUT2D eigenvalue weighted by atomic mass is 9.85. The largest absolute Gasteiger partial charge is 0.433 e. The van der Waals surface area contributed by atoms with Crippen molar-refractivity contribution in [3.63, 3.8) is 0 Å². The first-order valence-electron chi connectivity index (χ1n) is 6.89. The summed E-state index contributed by atoms with van der Waals surface area (Å²) in [7, 11) is 0. The molecule has 6 heteroatoms. The lowest BCUT2D eigenvalue weighted by molar-refractivity contribution is -0.141. The normalized spacial score (nSPS) is 12.0. The second-order valence-electron chi connectivity index (χ2n) is 5.74. The molecule has 0 bridgehead atoms. The average Bonchev–Trinajstić information content (AvgIpc) is 2.36. The van der Waals surface area contributed by atoms with Crippen LogP contribution in [0.4, 0.5) is 19.0 Å². The van der Waals surface area contributed by atoms with Crippen molar-refractivity contribution in [3.05, 3.63) is 23.4 Å². The summed E-state index contributed by atoms with van der Waals surface area (Å²) in [4.78, 5) is 3.55. The van der Waals surface area contributed by atoms with E-state index in [0.29, 0.717) is 18.4 Å². The minimum atomic E-state index is -4.51. The zero-order valence-corrected chi connectivity index (χ0v) is 12.6. The van der Waals surface area contributed by atoms with E-state index in [0.717, 1.165) is 12.1 Å². The van der Waals surface area contributed by atoms with E-state index in [-0.39, 0.29) is 17.3 Å². The summed E-state index contributed by atoms with van der Waals surface area (Å²) in [5.41, 5.74) is -0.871. The van der Waals surface area contributed by atoms with Gasteiger partial charge in [-0.05, 0) is 29.9 Å². The van der Waals surface area contributed by atoms with Gasteiger partial charge >= 0.3 is 6.18 Å². The summed E-state index contributed by atoms with van der Waals surface area (Å²) in [6, 6.07) is 3.84. The molecule has 0 aliphatic rings. The Hall–Kier alpha value is -1.77. The molecule has 0 aliphatic heterocycles. The molecule has 1 N–H and O–H groups in total. The first kappa shape index (κ1) is 17.3. The van der Waals surface area contributed by atoms with Crippen LogP contribution in [0.1, 0.15) is 39.0 Å². The highest BCUT2D eigenvalue weighted by Crippen LogP contribution is 2.29. The van der Waals surface area contributed by atoms with Crippen LogP contribution in [0.3, 0.4) is 0 Å². The van der Waals surface area contributed by atoms with Crippen LogP contribution in [-0.4, -0.2) is 11.5 Å². The number of pyridine rings is 1. The number of hydrogen-bond donors (Lipinski definition) is 1. The van der Waals surface area contributed by atoms with E-state index in [1.54, 1.807) is 0 Å². The smallest absolute Gasteiger partial charge is 0.369 e. The predicted molar refractivity (Wildman–Crippen MR) is 75.6 cm³/mol. The lowest BCUT2D eigenvalue weighted by Crippen LogP contribution is -2.25. The summed E-state index contributed by atoms with van der Waals surface area (Å²) in [6.45, 7) is 8.75. The maximum Gasteiger partial charge on any atom is 0.433 e. The third kappa shape index (κ3) is 4.62. The highest BCUT2D eigenvalue weighted by molar-refractivity contribution is 5.52. The highest BCUT2D eigenvalue weighted by atomic mass is 19.4. The van der Waals surface area contributed by atoms with Gasteiger partial charge in [-0.1, -0.05) is 27.7 Å². The summed E-state index contributed by atoms with van der Waals surface area (Å²) in [6.07, 6.45) is -4.51. The first-order chi connectivity index (χ1) is 9.66. The molecular weight excluding hydrogens is 279 g/mol. The Kier molecular flexibility index (Phi) is 5.59. The summed E-state index contributed by atoms with van der Waals surface area (Å²) in [5, 5.41) is 11.9. The number of anilines is 1. The van der Waals surface area contributed by atoms with Crippen molar-refractivity contribution in [2.24, 2.45) is 17.8 Å². The Morgan fingerprint density at radius 2 is 1.76 bits per heavy atom. The van der Waals surface area contributed by atoms with Crippen LogP contribution in [0.25, 0.3) is 0 Å². The number of aromatic nitrogens is 1. The quantitative estimate of drug-likeness (QED) is 0.881. The van der Waals surface area contributed by atoms with Gasteiger partial charge in [-0.15, -0.1) is 0 Å². The Morgan fingerprint density at radius 3 is 2.19 bits per heavy atom. The van der Waals surface area contributed by atoms with E-state index in [4.69, 9.17) is 5.26 Å². The minimum absolute atomic E-state index is 0.00127. The number of nitriles is 1. The van der Waals surface area contributed by atoms with Crippen molar-refractivity contribution in [3.8, 4) is 6.07 Å². The Labute approximate surface area is 123 Å². The van der Waals surface area contributed by atoms with Crippen LogP contribution < -0.4 is 5.32 Å². The number of hydrogen-bond acceptors (Lipinski definition) is 3. The van der Waals surface area contributed by atoms with Crippen molar-refractivity contribution in [1.82, 2.24) is 4.98 Å². The second kappa shape index (κ2) is 6.79. The van der Waals surface area contributed by atoms with Gasteiger partial charge in [-0.3, -0.25) is 0 Å². The molecule has 0 saturated carbocycles. The maximum absolute atomic E-state index is 12.7. The molecule has 1 heterocycles. The Morgan fingerprint density at radius 1 is 1.19 bits per heavy atom. The van der Waals surface area contributed by atoms with E-state index < -0.39 is 11.9 Å². The SMILES string of the molecule is CC(C)C(CNc1nc(C(F)(F)F)ccc1C#N)C(C)C. The molecule has 116 valence electrons. The fourth-order valence-electron chi connectivity index (χ4n) is 2.30. The molecule has 0 spiro atoms. The molecule has 0 aliphatic carbocycles. The van der Waals surface area contributed by atoms with Crippen molar-refractivity contribution < 1.29 is 13.2 Å². The molecule has 21 heavy (non-hydrogen) atoms. The molecule has 3 nitrogen and oxygen atoms in total. The van der Waals surface area contributed by atoms with E-state index in [1.807, 2.05) is 6.07 Å². The van der Waals surface area contributed by atoms with Crippen molar-refractivity contribution in [2.45, 2.75) is 33.9 Å². The van der Waals surface area contributed by atoms with Gasteiger partial charge in [0.05, 0.1) is 5.56 Å². The number of rotatable bonds is 5. The van der Waals surface area contributed by atoms with Crippen LogP contribution in [0.15, 0.2) is 12.1 Å². The third-order valence-electron chi connectivity index (χ3n) is 3.52. The van der Waals surface area contributed by atoms with E-state index >= 15 is 0 Å². The Balaban J connectivity index is 2.99. The van der Waals surface area contributed by atoms with Gasteiger partial charge in [0.25, 0.3) is 0 Å². The molecule has 0 saturated heterocycles. The average molecular weight is 299 g/mol. The van der Waals surface area contributed by atoms with Crippen LogP contribution in [0.2, 0.25) is 0 Å². The predicted octanol–water partition coefficient (Wildman–Crippen LogP) is 4.31. The molecular formula is C15H20F3N3. The highest BCUT2D eigenvalue weighted by Gasteiger charge is 2.33. The summed E-state index contributed by atoms with van der Waals surface area (Å²) < 4.78 is 38.1. The molecule has 0 aromatic carbocycles. The van der Waals surface area contributed by atoms with E-state index in [2.05, 4.69) is 38.0 Å². The fourth-order valence-corrected chi connectivity index (χ4v) is 2.30. The molecule has 0 fully saturated rings. The summed E-state index contributed by atoms with van der Waals surface area (Å²) >= 11 is 0. The molecule has 1 aromatic rings. The fraction of sp³-hybridized carbons (Fsp3) is 0.600. The van der Waals surface area contributed by atoms with Crippen molar-refractivity contribution >= 4 is 5.82 Å². The van der Waals surface area contributed by atoms with Gasteiger partial charge in [0.15, 0.2) is 0 Å². The second-order valence-corrected chi connectivity index (χ2v) is 5.74. The molecule has 0 unspecified atom stereocenters. The first-order valence-corrected chi connectivity index (χ1v) is 6.89. The molecule has 0 radical (unpaired) electrons. The maximum atomic E-state index is 12.7. The topological polar surface area (TPSA) is 48.7 Å². The van der Waals surface area contributed by atoms with Crippen LogP contribution in [0, 0.1) is 29.1 Å². The molecule has 1 rings (SSSR count). The van der Waals surface area contributed by atoms with Gasteiger partial charge in [0, 0.05) is 6.54 Å². The van der Waals surface area contributed by atoms with E-state index in [9.17, 15) is 13.2 Å². The molecule has 0 atom stereocenters. The van der Waals surface area contributed by atoms with Gasteiger partial charge in [0.2, 0.25) is 0 Å². The standard InChI is InChI=1S/C15H20F3N3/c1-9(2)12(10(3)4)8-20-14-11(7-19)5-6-13(21-14)15(16,17)18/h5-6,9-10,12H,8H2,1-4H3,(H,20,21). The zero-order valence-electron chi connectivity index (χ0n) is 12.6. The number of halogens is 3. The minimum Gasteiger partial charge on any atom is -0.369 e.